The number of anilines is 1. The highest BCUT2D eigenvalue weighted by Crippen LogP contribution is 2.30. The summed E-state index contributed by atoms with van der Waals surface area (Å²) >= 11 is 0. The highest BCUT2D eigenvalue weighted by Gasteiger charge is 2.27. The Morgan fingerprint density at radius 1 is 1.19 bits per heavy atom. The number of nitrogens with zero attached hydrogens (tertiary/aromatic N) is 3. The van der Waals surface area contributed by atoms with Crippen molar-refractivity contribution in [3.8, 4) is 11.6 Å². The SMILES string of the molecule is C=C(C)CNc1ccccc1C1=NNC(=O)/C1=C/c1c(C)nn(-c2ccccc2)c1O. The van der Waals surface area contributed by atoms with Crippen LogP contribution in [0.25, 0.3) is 11.8 Å². The topological polar surface area (TPSA) is 91.5 Å². The van der Waals surface area contributed by atoms with Gasteiger partial charge in [-0.15, -0.1) is 0 Å². The summed E-state index contributed by atoms with van der Waals surface area (Å²) in [7, 11) is 0. The lowest BCUT2D eigenvalue weighted by atomic mass is 9.99. The Labute approximate surface area is 180 Å². The van der Waals surface area contributed by atoms with Gasteiger partial charge in [-0.05, 0) is 38.1 Å². The molecule has 0 saturated carbocycles. The largest absolute Gasteiger partial charge is 0.493 e. The van der Waals surface area contributed by atoms with E-state index >= 15 is 0 Å². The molecule has 0 spiro atoms. The Bertz CT molecular complexity index is 1220. The van der Waals surface area contributed by atoms with Crippen molar-refractivity contribution < 1.29 is 9.90 Å². The molecule has 156 valence electrons. The van der Waals surface area contributed by atoms with Gasteiger partial charge in [-0.3, -0.25) is 4.79 Å². The van der Waals surface area contributed by atoms with Gasteiger partial charge in [-0.2, -0.15) is 10.2 Å². The molecule has 3 aromatic rings. The van der Waals surface area contributed by atoms with E-state index in [4.69, 9.17) is 0 Å². The van der Waals surface area contributed by atoms with Gasteiger partial charge in [0.05, 0.1) is 22.5 Å². The first kappa shape index (κ1) is 20.2. The molecule has 7 heteroatoms. The average molecular weight is 413 g/mol. The van der Waals surface area contributed by atoms with Crippen LogP contribution in [0.15, 0.2) is 77.4 Å². The van der Waals surface area contributed by atoms with Crippen LogP contribution in [-0.4, -0.2) is 33.1 Å². The summed E-state index contributed by atoms with van der Waals surface area (Å²) in [5.41, 5.74) is 7.80. The zero-order valence-electron chi connectivity index (χ0n) is 17.4. The molecular formula is C24H23N5O2. The lowest BCUT2D eigenvalue weighted by Gasteiger charge is -2.12. The molecule has 2 aromatic carbocycles. The van der Waals surface area contributed by atoms with Gasteiger partial charge in [0.2, 0.25) is 5.88 Å². The zero-order valence-corrected chi connectivity index (χ0v) is 17.4. The zero-order chi connectivity index (χ0) is 22.0. The molecule has 0 atom stereocenters. The normalized spacial score (nSPS) is 14.5. The minimum atomic E-state index is -0.337. The molecule has 3 N–H and O–H groups in total. The van der Waals surface area contributed by atoms with E-state index in [1.54, 1.807) is 13.0 Å². The molecule has 7 nitrogen and oxygen atoms in total. The van der Waals surface area contributed by atoms with Gasteiger partial charge in [-0.25, -0.2) is 10.1 Å². The Morgan fingerprint density at radius 3 is 2.65 bits per heavy atom. The predicted molar refractivity (Wildman–Crippen MR) is 122 cm³/mol. The van der Waals surface area contributed by atoms with E-state index in [1.165, 1.54) is 4.68 Å². The first-order valence-corrected chi connectivity index (χ1v) is 9.87. The van der Waals surface area contributed by atoms with Gasteiger partial charge in [0.25, 0.3) is 5.91 Å². The van der Waals surface area contributed by atoms with Crippen LogP contribution in [0.2, 0.25) is 0 Å². The van der Waals surface area contributed by atoms with Crippen LogP contribution in [-0.2, 0) is 4.79 Å². The minimum absolute atomic E-state index is 0.0380. The van der Waals surface area contributed by atoms with Gasteiger partial charge in [0, 0.05) is 17.8 Å². The highest BCUT2D eigenvalue weighted by molar-refractivity contribution is 6.34. The number of aromatic nitrogens is 2. The van der Waals surface area contributed by atoms with Crippen molar-refractivity contribution >= 4 is 23.4 Å². The Morgan fingerprint density at radius 2 is 1.90 bits per heavy atom. The van der Waals surface area contributed by atoms with Crippen molar-refractivity contribution in [2.24, 2.45) is 5.10 Å². The van der Waals surface area contributed by atoms with E-state index in [2.05, 4.69) is 27.5 Å². The number of benzene rings is 2. The fraction of sp³-hybridized carbons (Fsp3) is 0.125. The van der Waals surface area contributed by atoms with E-state index < -0.39 is 0 Å². The summed E-state index contributed by atoms with van der Waals surface area (Å²) in [5.74, 6) is -0.375. The molecule has 1 aliphatic rings. The fourth-order valence-electron chi connectivity index (χ4n) is 3.35. The lowest BCUT2D eigenvalue weighted by molar-refractivity contribution is -0.116. The molecule has 0 fully saturated rings. The van der Waals surface area contributed by atoms with Gasteiger partial charge < -0.3 is 10.4 Å². The van der Waals surface area contributed by atoms with Gasteiger partial charge in [-0.1, -0.05) is 48.6 Å². The molecular weight excluding hydrogens is 390 g/mol. The first-order valence-electron chi connectivity index (χ1n) is 9.87. The molecule has 0 unspecified atom stereocenters. The number of hydrogen-bond acceptors (Lipinski definition) is 5. The number of aromatic hydroxyl groups is 1. The number of amides is 1. The van der Waals surface area contributed by atoms with Crippen LogP contribution < -0.4 is 10.7 Å². The number of nitrogens with one attached hydrogen (secondary N) is 2. The monoisotopic (exact) mass is 413 g/mol. The van der Waals surface area contributed by atoms with Gasteiger partial charge >= 0.3 is 0 Å². The second-order valence-electron chi connectivity index (χ2n) is 7.39. The Balaban J connectivity index is 1.76. The number of aryl methyl sites for hydroxylation is 1. The number of carbonyl (C=O) groups is 1. The maximum absolute atomic E-state index is 12.6. The van der Waals surface area contributed by atoms with Crippen LogP contribution in [0.1, 0.15) is 23.7 Å². The van der Waals surface area contributed by atoms with Crippen LogP contribution in [0.4, 0.5) is 5.69 Å². The maximum atomic E-state index is 12.6. The molecule has 0 bridgehead atoms. The summed E-state index contributed by atoms with van der Waals surface area (Å²) in [5, 5.41) is 22.8. The number of para-hydroxylation sites is 2. The standard InChI is InChI=1S/C24H23N5O2/c1-15(2)14-25-21-12-8-7-11-18(21)22-20(23(30)27-26-22)13-19-16(3)28-29(24(19)31)17-9-5-4-6-10-17/h4-13,25,31H,1,14H2,2-3H3,(H,27,30)/b20-13+. The number of hydrogen-bond donors (Lipinski definition) is 3. The first-order chi connectivity index (χ1) is 15.0. The molecule has 31 heavy (non-hydrogen) atoms. The van der Waals surface area contributed by atoms with Crippen LogP contribution in [0, 0.1) is 6.92 Å². The molecule has 0 radical (unpaired) electrons. The smallest absolute Gasteiger partial charge is 0.273 e. The van der Waals surface area contributed by atoms with Crippen molar-refractivity contribution in [3.63, 3.8) is 0 Å². The second kappa shape index (κ2) is 8.31. The molecule has 0 aliphatic carbocycles. The highest BCUT2D eigenvalue weighted by atomic mass is 16.3. The average Bonchev–Trinajstić information content (AvgIpc) is 3.27. The van der Waals surface area contributed by atoms with Crippen molar-refractivity contribution in [1.82, 2.24) is 15.2 Å². The van der Waals surface area contributed by atoms with Crippen LogP contribution in [0.3, 0.4) is 0 Å². The van der Waals surface area contributed by atoms with Crippen LogP contribution in [0.5, 0.6) is 5.88 Å². The molecule has 1 aliphatic heterocycles. The molecule has 4 rings (SSSR count). The number of rotatable bonds is 6. The Hall–Kier alpha value is -4.13. The van der Waals surface area contributed by atoms with E-state index in [0.717, 1.165) is 22.5 Å². The van der Waals surface area contributed by atoms with Crippen molar-refractivity contribution in [2.45, 2.75) is 13.8 Å². The summed E-state index contributed by atoms with van der Waals surface area (Å²) < 4.78 is 1.45. The van der Waals surface area contributed by atoms with Crippen LogP contribution >= 0.6 is 0 Å². The maximum Gasteiger partial charge on any atom is 0.273 e. The fourth-order valence-corrected chi connectivity index (χ4v) is 3.35. The minimum Gasteiger partial charge on any atom is -0.493 e. The summed E-state index contributed by atoms with van der Waals surface area (Å²) in [6, 6.07) is 17.0. The number of hydrazone groups is 1. The third kappa shape index (κ3) is 3.98. The summed E-state index contributed by atoms with van der Waals surface area (Å²) in [6.45, 7) is 8.25. The van der Waals surface area contributed by atoms with E-state index in [0.29, 0.717) is 29.1 Å². The van der Waals surface area contributed by atoms with E-state index in [-0.39, 0.29) is 11.8 Å². The van der Waals surface area contributed by atoms with Gasteiger partial charge in [0.15, 0.2) is 0 Å². The van der Waals surface area contributed by atoms with E-state index in [1.807, 2.05) is 61.5 Å². The van der Waals surface area contributed by atoms with Gasteiger partial charge in [0.1, 0.15) is 5.71 Å². The quantitative estimate of drug-likeness (QED) is 0.424. The summed E-state index contributed by atoms with van der Waals surface area (Å²) in [4.78, 5) is 12.6. The molecule has 0 saturated heterocycles. The molecule has 2 heterocycles. The second-order valence-corrected chi connectivity index (χ2v) is 7.39. The third-order valence-electron chi connectivity index (χ3n) is 4.90. The molecule has 1 amide bonds. The number of carbonyl (C=O) groups excluding carboxylic acids is 1. The summed E-state index contributed by atoms with van der Waals surface area (Å²) in [6.07, 6.45) is 1.63. The molecule has 1 aromatic heterocycles. The van der Waals surface area contributed by atoms with E-state index in [9.17, 15) is 9.90 Å². The van der Waals surface area contributed by atoms with Crippen molar-refractivity contribution in [3.05, 3.63) is 89.1 Å². The van der Waals surface area contributed by atoms with Crippen molar-refractivity contribution in [2.75, 3.05) is 11.9 Å². The third-order valence-corrected chi connectivity index (χ3v) is 4.90. The van der Waals surface area contributed by atoms with Crippen molar-refractivity contribution in [1.29, 1.82) is 0 Å². The Kier molecular flexibility index (Phi) is 5.41. The lowest BCUT2D eigenvalue weighted by Crippen LogP contribution is -2.14. The predicted octanol–water partition coefficient (Wildman–Crippen LogP) is 3.79.